The fraction of sp³-hybridized carbons (Fsp3) is 0.364. The number of ether oxygens (including phenoxy) is 1. The summed E-state index contributed by atoms with van der Waals surface area (Å²) in [5.41, 5.74) is 1.50. The molecule has 0 aliphatic carbocycles. The first-order valence-corrected chi connectivity index (χ1v) is 11.7. The Kier molecular flexibility index (Phi) is 7.42. The first-order valence-electron chi connectivity index (χ1n) is 10.2. The molecule has 0 spiro atoms. The smallest absolute Gasteiger partial charge is 0.255 e. The van der Waals surface area contributed by atoms with Crippen molar-refractivity contribution in [3.05, 3.63) is 54.1 Å². The molecule has 2 amide bonds. The molecule has 31 heavy (non-hydrogen) atoms. The third-order valence-electron chi connectivity index (χ3n) is 4.89. The maximum atomic E-state index is 12.4. The van der Waals surface area contributed by atoms with Gasteiger partial charge in [0.15, 0.2) is 0 Å². The zero-order chi connectivity index (χ0) is 22.4. The van der Waals surface area contributed by atoms with E-state index in [9.17, 15) is 18.0 Å². The van der Waals surface area contributed by atoms with Crippen LogP contribution in [0.3, 0.4) is 0 Å². The van der Waals surface area contributed by atoms with E-state index in [4.69, 9.17) is 4.74 Å². The molecule has 1 saturated heterocycles. The number of rotatable bonds is 8. The van der Waals surface area contributed by atoms with Crippen LogP contribution in [-0.2, 0) is 19.6 Å². The Labute approximate surface area is 182 Å². The lowest BCUT2D eigenvalue weighted by atomic mass is 10.1. The van der Waals surface area contributed by atoms with E-state index >= 15 is 0 Å². The van der Waals surface area contributed by atoms with Crippen molar-refractivity contribution in [1.29, 1.82) is 0 Å². The molecule has 0 saturated carbocycles. The number of carbonyl (C=O) groups is 2. The van der Waals surface area contributed by atoms with Gasteiger partial charge < -0.3 is 15.4 Å². The molecular weight excluding hydrogens is 418 g/mol. The third-order valence-corrected chi connectivity index (χ3v) is 6.33. The molecule has 2 aromatic rings. The second-order valence-corrected chi connectivity index (χ2v) is 9.45. The number of nitrogens with one attached hydrogen (secondary N) is 3. The van der Waals surface area contributed by atoms with Gasteiger partial charge in [-0.25, -0.2) is 13.1 Å². The van der Waals surface area contributed by atoms with Crippen molar-refractivity contribution in [3.63, 3.8) is 0 Å². The first-order chi connectivity index (χ1) is 14.7. The number of hydrogen-bond donors (Lipinski definition) is 3. The fourth-order valence-electron chi connectivity index (χ4n) is 3.00. The van der Waals surface area contributed by atoms with Crippen molar-refractivity contribution < 1.29 is 22.7 Å². The second kappa shape index (κ2) is 10.0. The summed E-state index contributed by atoms with van der Waals surface area (Å²) in [6.45, 7) is 4.51. The Morgan fingerprint density at radius 2 is 1.61 bits per heavy atom. The Balaban J connectivity index is 1.57. The van der Waals surface area contributed by atoms with E-state index in [0.717, 1.165) is 12.8 Å². The molecule has 2 aromatic carbocycles. The summed E-state index contributed by atoms with van der Waals surface area (Å²) in [5.74, 6) is -0.577. The van der Waals surface area contributed by atoms with E-state index in [0.29, 0.717) is 23.5 Å². The lowest BCUT2D eigenvalue weighted by Gasteiger charge is -2.12. The lowest BCUT2D eigenvalue weighted by molar-refractivity contribution is -0.118. The van der Waals surface area contributed by atoms with Crippen LogP contribution in [0.25, 0.3) is 0 Å². The van der Waals surface area contributed by atoms with Gasteiger partial charge in [0.25, 0.3) is 5.91 Å². The molecule has 1 atom stereocenters. The van der Waals surface area contributed by atoms with E-state index in [1.54, 1.807) is 38.1 Å². The first kappa shape index (κ1) is 22.9. The van der Waals surface area contributed by atoms with Crippen LogP contribution in [0.2, 0.25) is 0 Å². The van der Waals surface area contributed by atoms with Gasteiger partial charge in [-0.2, -0.15) is 0 Å². The highest BCUT2D eigenvalue weighted by molar-refractivity contribution is 7.89. The molecule has 3 rings (SSSR count). The largest absolute Gasteiger partial charge is 0.377 e. The topological polar surface area (TPSA) is 114 Å². The SMILES string of the molecule is CC(C)C(=O)Nc1ccc(C(=O)Nc2ccc(S(=O)(=O)NC[C@H]3CCCO3)cc2)cc1. The van der Waals surface area contributed by atoms with Gasteiger partial charge >= 0.3 is 0 Å². The van der Waals surface area contributed by atoms with Crippen LogP contribution in [0.5, 0.6) is 0 Å². The average molecular weight is 446 g/mol. The van der Waals surface area contributed by atoms with Crippen molar-refractivity contribution >= 4 is 33.2 Å². The van der Waals surface area contributed by atoms with Gasteiger partial charge in [-0.05, 0) is 61.4 Å². The highest BCUT2D eigenvalue weighted by Gasteiger charge is 2.20. The van der Waals surface area contributed by atoms with Crippen molar-refractivity contribution in [2.45, 2.75) is 37.7 Å². The van der Waals surface area contributed by atoms with Crippen molar-refractivity contribution in [1.82, 2.24) is 4.72 Å². The molecule has 8 nitrogen and oxygen atoms in total. The van der Waals surface area contributed by atoms with Crippen LogP contribution in [-0.4, -0.2) is 39.5 Å². The number of anilines is 2. The van der Waals surface area contributed by atoms with E-state index in [2.05, 4.69) is 15.4 Å². The molecule has 9 heteroatoms. The molecule has 0 radical (unpaired) electrons. The molecule has 1 fully saturated rings. The summed E-state index contributed by atoms with van der Waals surface area (Å²) < 4.78 is 32.8. The van der Waals surface area contributed by atoms with E-state index < -0.39 is 10.0 Å². The molecule has 1 aliphatic heterocycles. The zero-order valence-corrected chi connectivity index (χ0v) is 18.4. The van der Waals surface area contributed by atoms with Gasteiger partial charge in [-0.15, -0.1) is 0 Å². The van der Waals surface area contributed by atoms with Crippen molar-refractivity contribution in [3.8, 4) is 0 Å². The fourth-order valence-corrected chi connectivity index (χ4v) is 4.07. The molecule has 166 valence electrons. The summed E-state index contributed by atoms with van der Waals surface area (Å²) in [4.78, 5) is 24.3. The van der Waals surface area contributed by atoms with Gasteiger partial charge in [0.05, 0.1) is 11.0 Å². The Morgan fingerprint density at radius 3 is 2.19 bits per heavy atom. The van der Waals surface area contributed by atoms with Gasteiger partial charge in [0.1, 0.15) is 0 Å². The summed E-state index contributed by atoms with van der Waals surface area (Å²) in [7, 11) is -3.64. The quantitative estimate of drug-likeness (QED) is 0.578. The maximum Gasteiger partial charge on any atom is 0.255 e. The summed E-state index contributed by atoms with van der Waals surface area (Å²) in [6, 6.07) is 12.5. The van der Waals surface area contributed by atoms with Crippen LogP contribution in [0.4, 0.5) is 11.4 Å². The van der Waals surface area contributed by atoms with Crippen molar-refractivity contribution in [2.24, 2.45) is 5.92 Å². The lowest BCUT2D eigenvalue weighted by Crippen LogP contribution is -2.31. The van der Waals surface area contributed by atoms with Crippen LogP contribution in [0, 0.1) is 5.92 Å². The van der Waals surface area contributed by atoms with Crippen molar-refractivity contribution in [2.75, 3.05) is 23.8 Å². The predicted molar refractivity (Wildman–Crippen MR) is 118 cm³/mol. The summed E-state index contributed by atoms with van der Waals surface area (Å²) in [6.07, 6.45) is 1.70. The number of carbonyl (C=O) groups excluding carboxylic acids is 2. The normalized spacial score (nSPS) is 16.3. The average Bonchev–Trinajstić information content (AvgIpc) is 3.27. The minimum absolute atomic E-state index is 0.0848. The van der Waals surface area contributed by atoms with Gasteiger partial charge in [-0.1, -0.05) is 13.8 Å². The molecule has 1 aliphatic rings. The van der Waals surface area contributed by atoms with Crippen LogP contribution < -0.4 is 15.4 Å². The van der Waals surface area contributed by atoms with Gasteiger partial charge in [0.2, 0.25) is 15.9 Å². The highest BCUT2D eigenvalue weighted by atomic mass is 32.2. The van der Waals surface area contributed by atoms with E-state index in [1.807, 2.05) is 0 Å². The number of benzene rings is 2. The van der Waals surface area contributed by atoms with Crippen LogP contribution in [0.15, 0.2) is 53.4 Å². The Hall–Kier alpha value is -2.75. The molecule has 1 heterocycles. The van der Waals surface area contributed by atoms with Gasteiger partial charge in [-0.3, -0.25) is 9.59 Å². The summed E-state index contributed by atoms with van der Waals surface area (Å²) in [5, 5.41) is 5.49. The number of sulfonamides is 1. The number of hydrogen-bond acceptors (Lipinski definition) is 5. The maximum absolute atomic E-state index is 12.4. The molecule has 3 N–H and O–H groups in total. The number of amides is 2. The zero-order valence-electron chi connectivity index (χ0n) is 17.6. The Morgan fingerprint density at radius 1 is 1.00 bits per heavy atom. The molecular formula is C22H27N3O5S. The molecule has 0 bridgehead atoms. The minimum atomic E-state index is -3.64. The minimum Gasteiger partial charge on any atom is -0.377 e. The van der Waals surface area contributed by atoms with E-state index in [1.165, 1.54) is 24.3 Å². The summed E-state index contributed by atoms with van der Waals surface area (Å²) >= 11 is 0. The highest BCUT2D eigenvalue weighted by Crippen LogP contribution is 2.17. The molecule has 0 unspecified atom stereocenters. The monoisotopic (exact) mass is 445 g/mol. The predicted octanol–water partition coefficient (Wildman–Crippen LogP) is 2.99. The van der Waals surface area contributed by atoms with Crippen LogP contribution in [0.1, 0.15) is 37.0 Å². The van der Waals surface area contributed by atoms with E-state index in [-0.39, 0.29) is 35.3 Å². The second-order valence-electron chi connectivity index (χ2n) is 7.69. The standard InChI is InChI=1S/C22H27N3O5S/c1-15(2)21(26)24-17-7-5-16(6-8-17)22(27)25-18-9-11-20(12-10-18)31(28,29)23-14-19-4-3-13-30-19/h5-12,15,19,23H,3-4,13-14H2,1-2H3,(H,24,26)(H,25,27)/t19-/m1/s1. The van der Waals surface area contributed by atoms with Gasteiger partial charge in [0, 0.05) is 36.0 Å². The third kappa shape index (κ3) is 6.36. The molecule has 0 aromatic heterocycles. The Bertz CT molecular complexity index is 1010. The van der Waals surface area contributed by atoms with Crippen LogP contribution >= 0.6 is 0 Å².